The van der Waals surface area contributed by atoms with E-state index in [9.17, 15) is 70.2 Å². The molecule has 0 aromatic heterocycles. The molecule has 28 heavy (non-hydrogen) atoms. The summed E-state index contributed by atoms with van der Waals surface area (Å²) in [7, 11) is 0. The summed E-state index contributed by atoms with van der Waals surface area (Å²) in [6, 6.07) is 0. The second-order valence-electron chi connectivity index (χ2n) is 5.55. The van der Waals surface area contributed by atoms with Crippen molar-refractivity contribution >= 4 is 0 Å². The van der Waals surface area contributed by atoms with Crippen LogP contribution in [0.25, 0.3) is 0 Å². The van der Waals surface area contributed by atoms with Gasteiger partial charge in [-0.15, -0.1) is 0 Å². The fourth-order valence-corrected chi connectivity index (χ4v) is 1.59. The van der Waals surface area contributed by atoms with Crippen LogP contribution < -0.4 is 0 Å². The number of hydrogen-bond donors (Lipinski definition) is 1. The Morgan fingerprint density at radius 2 is 0.786 bits per heavy atom. The first kappa shape index (κ1) is 26.8. The Hall–Kier alpha value is -1.16. The fraction of sp³-hybridized carbons (Fsp3) is 1.00. The number of aliphatic hydroxyl groups excluding tert-OH is 1. The van der Waals surface area contributed by atoms with Crippen LogP contribution in [0.2, 0.25) is 0 Å². The topological polar surface area (TPSA) is 20.2 Å². The molecule has 170 valence electrons. The molecule has 0 spiro atoms. The first-order valence-electron chi connectivity index (χ1n) is 6.44. The molecule has 1 nitrogen and oxygen atoms in total. The van der Waals surface area contributed by atoms with Crippen LogP contribution in [0.1, 0.15) is 13.3 Å². The van der Waals surface area contributed by atoms with Gasteiger partial charge in [-0.2, -0.15) is 65.9 Å². The van der Waals surface area contributed by atoms with Crippen molar-refractivity contribution in [2.24, 2.45) is 0 Å². The number of aliphatic hydroxyl groups is 1. The zero-order valence-electron chi connectivity index (χ0n) is 12.9. The maximum atomic E-state index is 13.3. The number of alkyl halides is 16. The Kier molecular flexibility index (Phi) is 6.41. The van der Waals surface area contributed by atoms with Crippen molar-refractivity contribution in [3.05, 3.63) is 0 Å². The molecular formula is C11H8F16O. The van der Waals surface area contributed by atoms with E-state index < -0.39 is 67.3 Å². The summed E-state index contributed by atoms with van der Waals surface area (Å²) >= 11 is 0. The van der Waals surface area contributed by atoms with Gasteiger partial charge in [0, 0.05) is 13.0 Å². The Balaban J connectivity index is 6.63. The van der Waals surface area contributed by atoms with E-state index >= 15 is 0 Å². The van der Waals surface area contributed by atoms with Gasteiger partial charge in [-0.25, -0.2) is 4.39 Å². The quantitative estimate of drug-likeness (QED) is 0.477. The SMILES string of the molecule is CC(F)(C(F)(F)F)C(F)(F)C(F)(F)C(F)(F)C(F)(F)C(F)(F)C(F)(F)CCO. The highest BCUT2D eigenvalue weighted by molar-refractivity contribution is 5.16. The third-order valence-electron chi connectivity index (χ3n) is 3.58. The zero-order chi connectivity index (χ0) is 23.4. The molecule has 1 unspecified atom stereocenters. The largest absolute Gasteiger partial charge is 0.428 e. The van der Waals surface area contributed by atoms with Gasteiger partial charge >= 0.3 is 41.7 Å². The fourth-order valence-electron chi connectivity index (χ4n) is 1.59. The molecule has 0 aromatic carbocycles. The highest BCUT2D eigenvalue weighted by atomic mass is 19.4. The third-order valence-corrected chi connectivity index (χ3v) is 3.58. The van der Waals surface area contributed by atoms with E-state index in [0.29, 0.717) is 0 Å². The second kappa shape index (κ2) is 6.68. The van der Waals surface area contributed by atoms with Gasteiger partial charge in [0.05, 0.1) is 0 Å². The Labute approximate surface area is 144 Å². The van der Waals surface area contributed by atoms with Gasteiger partial charge in [-0.05, 0) is 6.92 Å². The van der Waals surface area contributed by atoms with Crippen LogP contribution in [0, 0.1) is 0 Å². The molecule has 0 saturated carbocycles. The average Bonchev–Trinajstić information content (AvgIpc) is 2.44. The molecule has 0 aromatic rings. The van der Waals surface area contributed by atoms with E-state index in [1.807, 2.05) is 0 Å². The Morgan fingerprint density at radius 1 is 0.500 bits per heavy atom. The molecule has 0 heterocycles. The van der Waals surface area contributed by atoms with E-state index in [4.69, 9.17) is 5.11 Å². The average molecular weight is 460 g/mol. The van der Waals surface area contributed by atoms with Gasteiger partial charge < -0.3 is 5.11 Å². The first-order chi connectivity index (χ1) is 11.8. The van der Waals surface area contributed by atoms with Crippen LogP contribution in [0.4, 0.5) is 70.2 Å². The van der Waals surface area contributed by atoms with E-state index in [2.05, 4.69) is 0 Å². The molecule has 0 bridgehead atoms. The van der Waals surface area contributed by atoms with Crippen molar-refractivity contribution < 1.29 is 75.4 Å². The van der Waals surface area contributed by atoms with Gasteiger partial charge in [0.25, 0.3) is 5.67 Å². The van der Waals surface area contributed by atoms with Crippen LogP contribution in [-0.4, -0.2) is 59.1 Å². The summed E-state index contributed by atoms with van der Waals surface area (Å²) < 4.78 is 208. The molecule has 0 radical (unpaired) electrons. The summed E-state index contributed by atoms with van der Waals surface area (Å²) in [6.45, 7) is -3.58. The first-order valence-corrected chi connectivity index (χ1v) is 6.44. The summed E-state index contributed by atoms with van der Waals surface area (Å²) in [5, 5.41) is 8.03. The molecule has 0 saturated heterocycles. The highest BCUT2D eigenvalue weighted by Gasteiger charge is 2.93. The van der Waals surface area contributed by atoms with Crippen LogP contribution in [0.5, 0.6) is 0 Å². The van der Waals surface area contributed by atoms with Crippen molar-refractivity contribution in [1.29, 1.82) is 0 Å². The molecule has 0 amide bonds. The minimum atomic E-state index is -8.33. The zero-order valence-corrected chi connectivity index (χ0v) is 12.9. The van der Waals surface area contributed by atoms with Crippen molar-refractivity contribution in [3.63, 3.8) is 0 Å². The molecule has 1 N–H and O–H groups in total. The van der Waals surface area contributed by atoms with E-state index in [0.717, 1.165) is 0 Å². The van der Waals surface area contributed by atoms with Crippen LogP contribution in [-0.2, 0) is 0 Å². The van der Waals surface area contributed by atoms with Crippen molar-refractivity contribution in [2.75, 3.05) is 6.61 Å². The van der Waals surface area contributed by atoms with Crippen molar-refractivity contribution in [2.45, 2.75) is 60.7 Å². The Bertz CT molecular complexity index is 559. The lowest BCUT2D eigenvalue weighted by molar-refractivity contribution is -0.445. The molecule has 0 aliphatic rings. The second-order valence-corrected chi connectivity index (χ2v) is 5.55. The van der Waals surface area contributed by atoms with Gasteiger partial charge in [-0.3, -0.25) is 0 Å². The molecule has 0 fully saturated rings. The monoisotopic (exact) mass is 460 g/mol. The maximum absolute atomic E-state index is 13.3. The molecule has 0 aliphatic carbocycles. The lowest BCUT2D eigenvalue weighted by Crippen LogP contribution is -2.74. The number of rotatable bonds is 8. The predicted molar refractivity (Wildman–Crippen MR) is 57.0 cm³/mol. The highest BCUT2D eigenvalue weighted by Crippen LogP contribution is 2.63. The van der Waals surface area contributed by atoms with Gasteiger partial charge in [-0.1, -0.05) is 0 Å². The predicted octanol–water partition coefficient (Wildman–Crippen LogP) is 5.47. The van der Waals surface area contributed by atoms with Gasteiger partial charge in [0.1, 0.15) is 0 Å². The summed E-state index contributed by atoms with van der Waals surface area (Å²) in [6.07, 6.45) is -9.86. The van der Waals surface area contributed by atoms with Crippen LogP contribution in [0.15, 0.2) is 0 Å². The molecule has 1 atom stereocenters. The molecule has 0 aliphatic heterocycles. The lowest BCUT2D eigenvalue weighted by Gasteiger charge is -2.44. The number of hydrogen-bond acceptors (Lipinski definition) is 1. The lowest BCUT2D eigenvalue weighted by atomic mass is 9.85. The summed E-state index contributed by atoms with van der Waals surface area (Å²) in [5.74, 6) is -46.5. The Morgan fingerprint density at radius 3 is 1.07 bits per heavy atom. The summed E-state index contributed by atoms with van der Waals surface area (Å²) in [5.41, 5.74) is -6.67. The minimum Gasteiger partial charge on any atom is -0.396 e. The smallest absolute Gasteiger partial charge is 0.396 e. The normalized spacial score (nSPS) is 18.2. The molecular weight excluding hydrogens is 452 g/mol. The van der Waals surface area contributed by atoms with Crippen molar-refractivity contribution in [3.8, 4) is 0 Å². The summed E-state index contributed by atoms with van der Waals surface area (Å²) in [4.78, 5) is 0. The van der Waals surface area contributed by atoms with Gasteiger partial charge in [0.2, 0.25) is 0 Å². The van der Waals surface area contributed by atoms with Crippen LogP contribution >= 0.6 is 0 Å². The van der Waals surface area contributed by atoms with Crippen molar-refractivity contribution in [1.82, 2.24) is 0 Å². The van der Waals surface area contributed by atoms with E-state index in [1.165, 1.54) is 0 Å². The van der Waals surface area contributed by atoms with Crippen LogP contribution in [0.3, 0.4) is 0 Å². The molecule has 0 rings (SSSR count). The molecule has 17 heteroatoms. The van der Waals surface area contributed by atoms with E-state index in [-0.39, 0.29) is 0 Å². The van der Waals surface area contributed by atoms with Gasteiger partial charge in [0.15, 0.2) is 0 Å². The standard InChI is InChI=1S/C11H8F16O/c1-4(12,11(25,26)27)6(15,16)8(19,20)10(23,24)9(21,22)7(17,18)5(13,14)2-3-28/h28H,2-3H2,1H3. The maximum Gasteiger partial charge on any atom is 0.428 e. The number of halogens is 16. The minimum absolute atomic E-state index is 1.48. The third kappa shape index (κ3) is 3.26. The van der Waals surface area contributed by atoms with E-state index in [1.54, 1.807) is 0 Å².